The molecule has 7 heteroatoms. The summed E-state index contributed by atoms with van der Waals surface area (Å²) >= 11 is 7.04. The molecule has 1 aromatic rings. The van der Waals surface area contributed by atoms with Gasteiger partial charge in [-0.25, -0.2) is 4.98 Å². The second-order valence-corrected chi connectivity index (χ2v) is 7.24. The third kappa shape index (κ3) is 6.32. The minimum absolute atomic E-state index is 0.0418. The molecule has 1 aromatic heterocycles. The summed E-state index contributed by atoms with van der Waals surface area (Å²) in [5, 5.41) is 5.30. The van der Waals surface area contributed by atoms with Crippen molar-refractivity contribution < 1.29 is 9.59 Å². The summed E-state index contributed by atoms with van der Waals surface area (Å²) in [6, 6.07) is 0. The summed E-state index contributed by atoms with van der Waals surface area (Å²) < 4.78 is 0. The van der Waals surface area contributed by atoms with Gasteiger partial charge in [0.2, 0.25) is 5.91 Å². The lowest BCUT2D eigenvalue weighted by atomic mass is 10.2. The first-order chi connectivity index (χ1) is 10.3. The van der Waals surface area contributed by atoms with Crippen molar-refractivity contribution in [3.8, 4) is 0 Å². The van der Waals surface area contributed by atoms with Crippen molar-refractivity contribution in [1.29, 1.82) is 0 Å². The maximum atomic E-state index is 11.9. The third-order valence-corrected chi connectivity index (χ3v) is 3.90. The number of hydrogen-bond donors (Lipinski definition) is 1. The molecule has 1 N–H and O–H groups in total. The Labute approximate surface area is 141 Å². The number of nitrogens with zero attached hydrogens (tertiary/aromatic N) is 2. The first kappa shape index (κ1) is 18.9. The van der Waals surface area contributed by atoms with Crippen LogP contribution in [0, 0.1) is 11.8 Å². The van der Waals surface area contributed by atoms with E-state index in [0.29, 0.717) is 37.2 Å². The van der Waals surface area contributed by atoms with E-state index in [1.807, 2.05) is 27.7 Å². The van der Waals surface area contributed by atoms with Gasteiger partial charge in [0.15, 0.2) is 0 Å². The molecule has 0 unspecified atom stereocenters. The Bertz CT molecular complexity index is 503. The molecular formula is C15H24ClN3O2S. The number of rotatable bonds is 8. The van der Waals surface area contributed by atoms with Crippen LogP contribution in [0.15, 0.2) is 5.38 Å². The molecule has 1 rings (SSSR count). The van der Waals surface area contributed by atoms with Gasteiger partial charge < -0.3 is 10.2 Å². The molecular weight excluding hydrogens is 322 g/mol. The fraction of sp³-hybridized carbons (Fsp3) is 0.667. The van der Waals surface area contributed by atoms with Gasteiger partial charge in [-0.1, -0.05) is 27.7 Å². The third-order valence-electron chi connectivity index (χ3n) is 2.83. The van der Waals surface area contributed by atoms with Crippen molar-refractivity contribution in [2.45, 2.75) is 34.2 Å². The average molecular weight is 346 g/mol. The molecule has 5 nitrogen and oxygen atoms in total. The monoisotopic (exact) mass is 345 g/mol. The largest absolute Gasteiger partial charge is 0.350 e. The zero-order chi connectivity index (χ0) is 16.7. The molecule has 0 aliphatic heterocycles. The Morgan fingerprint density at radius 2 is 2.00 bits per heavy atom. The van der Waals surface area contributed by atoms with Crippen LogP contribution in [0.25, 0.3) is 0 Å². The van der Waals surface area contributed by atoms with E-state index >= 15 is 0 Å². The molecule has 22 heavy (non-hydrogen) atoms. The van der Waals surface area contributed by atoms with E-state index in [-0.39, 0.29) is 17.7 Å². The van der Waals surface area contributed by atoms with Gasteiger partial charge in [-0.3, -0.25) is 9.59 Å². The zero-order valence-electron chi connectivity index (χ0n) is 13.6. The normalized spacial score (nSPS) is 11.0. The molecule has 1 heterocycles. The van der Waals surface area contributed by atoms with E-state index < -0.39 is 0 Å². The lowest BCUT2D eigenvalue weighted by Gasteiger charge is -2.22. The number of aromatic nitrogens is 1. The van der Waals surface area contributed by atoms with E-state index in [1.165, 1.54) is 11.3 Å². The van der Waals surface area contributed by atoms with Crippen molar-refractivity contribution in [3.05, 3.63) is 16.1 Å². The summed E-state index contributed by atoms with van der Waals surface area (Å²) in [7, 11) is 0. The number of carbonyl (C=O) groups is 2. The van der Waals surface area contributed by atoms with Crippen LogP contribution in [0.4, 0.5) is 0 Å². The maximum absolute atomic E-state index is 11.9. The maximum Gasteiger partial charge on any atom is 0.270 e. The van der Waals surface area contributed by atoms with Crippen LogP contribution in [0.1, 0.15) is 43.2 Å². The highest BCUT2D eigenvalue weighted by atomic mass is 35.5. The van der Waals surface area contributed by atoms with Gasteiger partial charge in [-0.05, 0) is 11.8 Å². The number of nitrogens with one attached hydrogen (secondary N) is 1. The summed E-state index contributed by atoms with van der Waals surface area (Å²) in [5.74, 6) is 0.414. The summed E-state index contributed by atoms with van der Waals surface area (Å²) in [6.07, 6.45) is 0. The quantitative estimate of drug-likeness (QED) is 0.737. The van der Waals surface area contributed by atoms with Crippen LogP contribution >= 0.6 is 22.9 Å². The highest BCUT2D eigenvalue weighted by Crippen LogP contribution is 2.14. The van der Waals surface area contributed by atoms with Crippen molar-refractivity contribution in [2.24, 2.45) is 11.8 Å². The Hall–Kier alpha value is -1.14. The van der Waals surface area contributed by atoms with Gasteiger partial charge in [0, 0.05) is 18.5 Å². The van der Waals surface area contributed by atoms with Crippen LogP contribution < -0.4 is 5.32 Å². The van der Waals surface area contributed by atoms with Gasteiger partial charge in [0.25, 0.3) is 5.91 Å². The van der Waals surface area contributed by atoms with Crippen LogP contribution in [-0.2, 0) is 11.3 Å². The molecule has 0 aromatic carbocycles. The average Bonchev–Trinajstić information content (AvgIpc) is 2.91. The van der Waals surface area contributed by atoms with Gasteiger partial charge in [-0.15, -0.1) is 22.9 Å². The predicted molar refractivity (Wildman–Crippen MR) is 90.3 cm³/mol. The molecule has 0 aliphatic carbocycles. The van der Waals surface area contributed by atoms with Gasteiger partial charge >= 0.3 is 0 Å². The van der Waals surface area contributed by atoms with E-state index in [9.17, 15) is 9.59 Å². The molecule has 0 fully saturated rings. The van der Waals surface area contributed by atoms with Gasteiger partial charge in [0.1, 0.15) is 16.6 Å². The number of alkyl halides is 1. The first-order valence-electron chi connectivity index (χ1n) is 7.39. The zero-order valence-corrected chi connectivity index (χ0v) is 15.1. The second kappa shape index (κ2) is 9.10. The SMILES string of the molecule is CC(C)CNC(=O)c1csc(CN(CC(C)C)C(=O)CCl)n1. The highest BCUT2D eigenvalue weighted by molar-refractivity contribution is 7.09. The van der Waals surface area contributed by atoms with Crippen LogP contribution in [-0.4, -0.2) is 40.7 Å². The second-order valence-electron chi connectivity index (χ2n) is 6.03. The lowest BCUT2D eigenvalue weighted by Crippen LogP contribution is -2.34. The van der Waals surface area contributed by atoms with Crippen molar-refractivity contribution in [3.63, 3.8) is 0 Å². The van der Waals surface area contributed by atoms with Crippen molar-refractivity contribution in [2.75, 3.05) is 19.0 Å². The molecule has 0 spiro atoms. The Morgan fingerprint density at radius 1 is 1.32 bits per heavy atom. The molecule has 0 atom stereocenters. The minimum atomic E-state index is -0.171. The smallest absolute Gasteiger partial charge is 0.270 e. The number of halogens is 1. The molecule has 0 saturated heterocycles. The first-order valence-corrected chi connectivity index (χ1v) is 8.81. The standard InChI is InChI=1S/C15H24ClN3O2S/c1-10(2)6-17-15(21)12-9-22-13(18-12)8-19(7-11(3)4)14(20)5-16/h9-11H,5-8H2,1-4H3,(H,17,21). The fourth-order valence-corrected chi connectivity index (χ4v) is 2.78. The fourth-order valence-electron chi connectivity index (χ4n) is 1.82. The Balaban J connectivity index is 2.69. The molecule has 0 radical (unpaired) electrons. The molecule has 0 bridgehead atoms. The Morgan fingerprint density at radius 3 is 2.55 bits per heavy atom. The number of carbonyl (C=O) groups excluding carboxylic acids is 2. The molecule has 2 amide bonds. The molecule has 124 valence electrons. The van der Waals surface area contributed by atoms with E-state index in [1.54, 1.807) is 10.3 Å². The van der Waals surface area contributed by atoms with Crippen LogP contribution in [0.3, 0.4) is 0 Å². The Kier molecular flexibility index (Phi) is 7.82. The highest BCUT2D eigenvalue weighted by Gasteiger charge is 2.17. The van der Waals surface area contributed by atoms with E-state index in [4.69, 9.17) is 11.6 Å². The van der Waals surface area contributed by atoms with E-state index in [0.717, 1.165) is 5.01 Å². The van der Waals surface area contributed by atoms with E-state index in [2.05, 4.69) is 10.3 Å². The van der Waals surface area contributed by atoms with Crippen LogP contribution in [0.2, 0.25) is 0 Å². The molecule has 0 saturated carbocycles. The number of thiazole rings is 1. The summed E-state index contributed by atoms with van der Waals surface area (Å²) in [5.41, 5.74) is 0.406. The summed E-state index contributed by atoms with van der Waals surface area (Å²) in [6.45, 7) is 9.80. The topological polar surface area (TPSA) is 62.3 Å². The lowest BCUT2D eigenvalue weighted by molar-refractivity contribution is -0.129. The molecule has 0 aliphatic rings. The van der Waals surface area contributed by atoms with Crippen molar-refractivity contribution in [1.82, 2.24) is 15.2 Å². The predicted octanol–water partition coefficient (Wildman–Crippen LogP) is 2.75. The van der Waals surface area contributed by atoms with Gasteiger partial charge in [-0.2, -0.15) is 0 Å². The van der Waals surface area contributed by atoms with Gasteiger partial charge in [0.05, 0.1) is 6.54 Å². The van der Waals surface area contributed by atoms with Crippen molar-refractivity contribution >= 4 is 34.8 Å². The number of hydrogen-bond acceptors (Lipinski definition) is 4. The van der Waals surface area contributed by atoms with Crippen LogP contribution in [0.5, 0.6) is 0 Å². The number of amides is 2. The minimum Gasteiger partial charge on any atom is -0.350 e. The summed E-state index contributed by atoms with van der Waals surface area (Å²) in [4.78, 5) is 29.8.